The largest absolute Gasteiger partial charge is 0.330 e. The highest BCUT2D eigenvalue weighted by molar-refractivity contribution is 7.99. The third-order valence-electron chi connectivity index (χ3n) is 6.56. The van der Waals surface area contributed by atoms with E-state index in [1.807, 2.05) is 30.3 Å². The molecule has 0 aliphatic heterocycles. The molecule has 3 N–H and O–H groups in total. The number of nitro benzene ring substituents is 1. The van der Waals surface area contributed by atoms with E-state index >= 15 is 0 Å². The molecule has 0 radical (unpaired) electrons. The van der Waals surface area contributed by atoms with Gasteiger partial charge in [0.1, 0.15) is 5.82 Å². The normalized spacial score (nSPS) is 12.0. The van der Waals surface area contributed by atoms with Crippen LogP contribution < -0.4 is 11.2 Å². The summed E-state index contributed by atoms with van der Waals surface area (Å²) in [4.78, 5) is 25.2. The Morgan fingerprint density at radius 1 is 0.930 bits per heavy atom. The Bertz CT molecular complexity index is 1640. The first-order valence-corrected chi connectivity index (χ1v) is 16.0. The number of carbonyl (C=O) groups is 1. The number of nitrogens with two attached hydrogens (primary N) is 1. The third kappa shape index (κ3) is 8.48. The van der Waals surface area contributed by atoms with Gasteiger partial charge in [-0.1, -0.05) is 55.0 Å². The quantitative estimate of drug-likeness (QED) is 0.0754. The molecule has 0 aliphatic rings. The zero-order chi connectivity index (χ0) is 30.8. The van der Waals surface area contributed by atoms with Crippen LogP contribution >= 0.6 is 11.8 Å². The maximum Gasteiger partial charge on any atom is 0.282 e. The van der Waals surface area contributed by atoms with Crippen LogP contribution in [0.3, 0.4) is 0 Å². The molecule has 0 bridgehead atoms. The predicted octanol–water partition coefficient (Wildman–Crippen LogP) is 6.03. The second kappa shape index (κ2) is 14.9. The smallest absolute Gasteiger partial charge is 0.282 e. The van der Waals surface area contributed by atoms with Gasteiger partial charge < -0.3 is 5.73 Å². The molecule has 4 aromatic rings. The van der Waals surface area contributed by atoms with Gasteiger partial charge in [-0.25, -0.2) is 9.82 Å². The van der Waals surface area contributed by atoms with Crippen LogP contribution in [-0.2, 0) is 10.0 Å². The van der Waals surface area contributed by atoms with Crippen molar-refractivity contribution in [2.75, 3.05) is 12.3 Å². The summed E-state index contributed by atoms with van der Waals surface area (Å²) in [7, 11) is -4.59. The van der Waals surface area contributed by atoms with Crippen molar-refractivity contribution in [2.45, 2.75) is 35.1 Å². The summed E-state index contributed by atoms with van der Waals surface area (Å²) >= 11 is 1.51. The highest BCUT2D eigenvalue weighted by Crippen LogP contribution is 2.26. The Morgan fingerprint density at radius 3 is 2.21 bits per heavy atom. The molecule has 0 spiro atoms. The highest BCUT2D eigenvalue weighted by Gasteiger charge is 2.33. The van der Waals surface area contributed by atoms with Crippen molar-refractivity contribution in [3.63, 3.8) is 0 Å². The second-order valence-electron chi connectivity index (χ2n) is 9.65. The molecule has 9 nitrogen and oxygen atoms in total. The standard InChI is InChI=1S/C31H31FN4O5S2/c32-26-18-16-24(17-19-26)23-12-14-25(15-13-23)31(37)35(43(40,41)30-11-6-8-28(21-30)36(38)39)34-27(7-4-5-20-33)22-42-29-9-2-1-3-10-29/h1-3,6,8-19,21,27,34H,4-5,7,20,22,33H2. The molecule has 0 saturated carbocycles. The van der Waals surface area contributed by atoms with Gasteiger partial charge in [-0.3, -0.25) is 14.9 Å². The zero-order valence-electron chi connectivity index (χ0n) is 23.1. The molecule has 43 heavy (non-hydrogen) atoms. The van der Waals surface area contributed by atoms with Crippen molar-refractivity contribution in [3.05, 3.63) is 125 Å². The van der Waals surface area contributed by atoms with Crippen molar-refractivity contribution in [1.29, 1.82) is 0 Å². The number of amides is 1. The Kier molecular flexibility index (Phi) is 11.0. The van der Waals surface area contributed by atoms with Gasteiger partial charge in [-0.15, -0.1) is 11.8 Å². The number of nitro groups is 1. The minimum atomic E-state index is -4.59. The lowest BCUT2D eigenvalue weighted by atomic mass is 10.0. The van der Waals surface area contributed by atoms with Crippen LogP contribution in [0.15, 0.2) is 113 Å². The number of sulfonamides is 1. The maximum absolute atomic E-state index is 13.9. The van der Waals surface area contributed by atoms with E-state index in [1.165, 1.54) is 54.2 Å². The number of hydrazine groups is 1. The summed E-state index contributed by atoms with van der Waals surface area (Å²) < 4.78 is 41.8. The van der Waals surface area contributed by atoms with E-state index in [0.717, 1.165) is 16.5 Å². The van der Waals surface area contributed by atoms with Gasteiger partial charge >= 0.3 is 0 Å². The number of rotatable bonds is 14. The van der Waals surface area contributed by atoms with Gasteiger partial charge in [-0.2, -0.15) is 12.8 Å². The number of hydrogen-bond donors (Lipinski definition) is 2. The lowest BCUT2D eigenvalue weighted by Crippen LogP contribution is -2.52. The van der Waals surface area contributed by atoms with Crippen molar-refractivity contribution in [2.24, 2.45) is 5.73 Å². The summed E-state index contributed by atoms with van der Waals surface area (Å²) in [6.45, 7) is 0.466. The number of thioether (sulfide) groups is 1. The molecule has 1 unspecified atom stereocenters. The number of hydrogen-bond acceptors (Lipinski definition) is 8. The molecule has 0 fully saturated rings. The molecule has 0 aliphatic carbocycles. The molecule has 0 aromatic heterocycles. The first-order chi connectivity index (χ1) is 20.7. The molecule has 0 heterocycles. The Morgan fingerprint density at radius 2 is 1.58 bits per heavy atom. The number of carbonyl (C=O) groups excluding carboxylic acids is 1. The average Bonchev–Trinajstić information content (AvgIpc) is 3.02. The molecule has 1 atom stereocenters. The Balaban J connectivity index is 1.69. The molecular weight excluding hydrogens is 591 g/mol. The molecule has 0 saturated heterocycles. The lowest BCUT2D eigenvalue weighted by molar-refractivity contribution is -0.385. The number of unbranched alkanes of at least 4 members (excludes halogenated alkanes) is 1. The van der Waals surface area contributed by atoms with Gasteiger partial charge in [0.2, 0.25) is 0 Å². The molecule has 224 valence electrons. The predicted molar refractivity (Wildman–Crippen MR) is 165 cm³/mol. The van der Waals surface area contributed by atoms with Crippen LogP contribution in [0.1, 0.15) is 29.6 Å². The van der Waals surface area contributed by atoms with E-state index in [0.29, 0.717) is 41.5 Å². The summed E-state index contributed by atoms with van der Waals surface area (Å²) in [5.41, 5.74) is 9.71. The average molecular weight is 623 g/mol. The number of non-ortho nitro benzene ring substituents is 1. The van der Waals surface area contributed by atoms with E-state index in [2.05, 4.69) is 5.43 Å². The SMILES string of the molecule is NCCCCC(CSc1ccccc1)NN(C(=O)c1ccc(-c2ccc(F)cc2)cc1)S(=O)(=O)c1cccc([N+](=O)[O-])c1. The monoisotopic (exact) mass is 622 g/mol. The summed E-state index contributed by atoms with van der Waals surface area (Å²) in [6.07, 6.45) is 1.92. The van der Waals surface area contributed by atoms with Crippen LogP contribution in [0.5, 0.6) is 0 Å². The van der Waals surface area contributed by atoms with Crippen LogP contribution in [0, 0.1) is 15.9 Å². The first-order valence-electron chi connectivity index (χ1n) is 13.5. The highest BCUT2D eigenvalue weighted by atomic mass is 32.2. The van der Waals surface area contributed by atoms with Crippen LogP contribution in [-0.4, -0.2) is 42.0 Å². The molecule has 1 amide bonds. The first kappa shape index (κ1) is 31.8. The summed E-state index contributed by atoms with van der Waals surface area (Å²) in [5, 5.41) is 11.4. The molecular formula is C31H31FN4O5S2. The van der Waals surface area contributed by atoms with Crippen molar-refractivity contribution in [1.82, 2.24) is 9.84 Å². The van der Waals surface area contributed by atoms with Crippen molar-refractivity contribution in [3.8, 4) is 11.1 Å². The molecule has 4 rings (SSSR count). The van der Waals surface area contributed by atoms with Crippen molar-refractivity contribution < 1.29 is 22.5 Å². The van der Waals surface area contributed by atoms with Crippen molar-refractivity contribution >= 4 is 33.4 Å². The number of halogens is 1. The third-order valence-corrected chi connectivity index (χ3v) is 9.34. The van der Waals surface area contributed by atoms with Crippen LogP contribution in [0.2, 0.25) is 0 Å². The summed E-state index contributed by atoms with van der Waals surface area (Å²) in [6, 6.07) is 25.8. The fourth-order valence-corrected chi connectivity index (χ4v) is 6.59. The minimum Gasteiger partial charge on any atom is -0.330 e. The fraction of sp³-hybridized carbons (Fsp3) is 0.194. The van der Waals surface area contributed by atoms with E-state index in [4.69, 9.17) is 5.73 Å². The van der Waals surface area contributed by atoms with Crippen LogP contribution in [0.4, 0.5) is 10.1 Å². The van der Waals surface area contributed by atoms with Gasteiger partial charge in [0, 0.05) is 34.4 Å². The Hall–Kier alpha value is -4.10. The van der Waals surface area contributed by atoms with Crippen LogP contribution in [0.25, 0.3) is 11.1 Å². The van der Waals surface area contributed by atoms with Gasteiger partial charge in [-0.05, 0) is 73.0 Å². The number of nitrogens with zero attached hydrogens (tertiary/aromatic N) is 2. The van der Waals surface area contributed by atoms with E-state index in [9.17, 15) is 27.7 Å². The van der Waals surface area contributed by atoms with E-state index in [-0.39, 0.29) is 11.4 Å². The second-order valence-corrected chi connectivity index (χ2v) is 12.5. The Labute approximate surface area is 254 Å². The fourth-order valence-electron chi connectivity index (χ4n) is 4.26. The molecule has 12 heteroatoms. The van der Waals surface area contributed by atoms with Gasteiger partial charge in [0.15, 0.2) is 0 Å². The summed E-state index contributed by atoms with van der Waals surface area (Å²) in [5.74, 6) is -0.799. The number of benzene rings is 4. The topological polar surface area (TPSA) is 136 Å². The number of nitrogens with one attached hydrogen (secondary N) is 1. The van der Waals surface area contributed by atoms with E-state index < -0.39 is 37.5 Å². The molecule has 4 aromatic carbocycles. The van der Waals surface area contributed by atoms with Gasteiger partial charge in [0.05, 0.1) is 9.82 Å². The minimum absolute atomic E-state index is 0.0730. The lowest BCUT2D eigenvalue weighted by Gasteiger charge is -2.28. The zero-order valence-corrected chi connectivity index (χ0v) is 24.8. The maximum atomic E-state index is 13.9. The van der Waals surface area contributed by atoms with E-state index in [1.54, 1.807) is 24.3 Å². The van der Waals surface area contributed by atoms with Gasteiger partial charge in [0.25, 0.3) is 21.6 Å².